The van der Waals surface area contributed by atoms with Gasteiger partial charge in [0.1, 0.15) is 0 Å². The van der Waals surface area contributed by atoms with Gasteiger partial charge >= 0.3 is 11.7 Å². The summed E-state index contributed by atoms with van der Waals surface area (Å²) < 4.78 is 5.59. The van der Waals surface area contributed by atoms with E-state index in [1.807, 2.05) is 33.9 Å². The zero-order chi connectivity index (χ0) is 13.1. The highest BCUT2D eigenvalue weighted by molar-refractivity contribution is 6.74. The van der Waals surface area contributed by atoms with Gasteiger partial charge in [-0.05, 0) is 24.7 Å². The maximum Gasteiger partial charge on any atom is 0.438 e. The van der Waals surface area contributed by atoms with Crippen molar-refractivity contribution in [2.24, 2.45) is 0 Å². The Hall–Kier alpha value is -1.39. The molecule has 1 N–H and O–H groups in total. The molecular weight excluding hydrogens is 224 g/mol. The van der Waals surface area contributed by atoms with Crippen LogP contribution in [0.3, 0.4) is 0 Å². The summed E-state index contributed by atoms with van der Waals surface area (Å²) in [6.45, 7) is 13.4. The summed E-state index contributed by atoms with van der Waals surface area (Å²) in [6, 6.07) is 0. The van der Waals surface area contributed by atoms with Gasteiger partial charge in [-0.25, -0.2) is 4.79 Å². The minimum absolute atomic E-state index is 0.0744. The van der Waals surface area contributed by atoms with E-state index in [-0.39, 0.29) is 10.8 Å². The second-order valence-electron chi connectivity index (χ2n) is 5.04. The lowest BCUT2D eigenvalue weighted by atomic mass is 10.2. The van der Waals surface area contributed by atoms with Crippen LogP contribution >= 0.6 is 0 Å². The first kappa shape index (κ1) is 14.6. The molecular formula is C10H18N2O3Si. The minimum atomic E-state index is -2.15. The quantitative estimate of drug-likeness (QED) is 0.270. The highest BCUT2D eigenvalue weighted by atomic mass is 28.4. The molecule has 0 aromatic carbocycles. The smallest absolute Gasteiger partial charge is 0.438 e. The molecule has 0 spiro atoms. The van der Waals surface area contributed by atoms with E-state index in [0.717, 1.165) is 0 Å². The highest BCUT2D eigenvalue weighted by Gasteiger charge is 2.41. The SMILES string of the molecule is C=C(O[Si](C)(C)C(C)(C)C)C(=[N+]=[N-])C(=O)O. The molecule has 0 rings (SSSR count). The van der Waals surface area contributed by atoms with E-state index < -0.39 is 20.0 Å². The molecule has 0 amide bonds. The Morgan fingerprint density at radius 3 is 2.12 bits per heavy atom. The summed E-state index contributed by atoms with van der Waals surface area (Å²) in [4.78, 5) is 13.4. The Morgan fingerprint density at radius 2 is 1.88 bits per heavy atom. The third-order valence-electron chi connectivity index (χ3n) is 2.75. The molecule has 0 bridgehead atoms. The molecule has 0 heterocycles. The summed E-state index contributed by atoms with van der Waals surface area (Å²) >= 11 is 0. The molecule has 0 fully saturated rings. The summed E-state index contributed by atoms with van der Waals surface area (Å²) in [7, 11) is -2.15. The second kappa shape index (κ2) is 4.63. The maximum absolute atomic E-state index is 10.7. The number of nitrogens with zero attached hydrogens (tertiary/aromatic N) is 2. The molecule has 0 atom stereocenters. The van der Waals surface area contributed by atoms with Crippen LogP contribution in [-0.2, 0) is 9.22 Å². The van der Waals surface area contributed by atoms with Gasteiger partial charge in [-0.1, -0.05) is 20.8 Å². The van der Waals surface area contributed by atoms with Gasteiger partial charge in [0, 0.05) is 0 Å². The van der Waals surface area contributed by atoms with Crippen molar-refractivity contribution in [3.8, 4) is 0 Å². The normalized spacial score (nSPS) is 11.6. The maximum atomic E-state index is 10.7. The van der Waals surface area contributed by atoms with Crippen molar-refractivity contribution >= 4 is 20.0 Å². The van der Waals surface area contributed by atoms with Crippen LogP contribution in [0.1, 0.15) is 20.8 Å². The Morgan fingerprint density at radius 1 is 1.44 bits per heavy atom. The number of hydrogen-bond donors (Lipinski definition) is 1. The predicted octanol–water partition coefficient (Wildman–Crippen LogP) is 2.28. The second-order valence-corrected chi connectivity index (χ2v) is 9.76. The van der Waals surface area contributed by atoms with Crippen LogP contribution in [0.25, 0.3) is 5.53 Å². The van der Waals surface area contributed by atoms with E-state index >= 15 is 0 Å². The first-order valence-corrected chi connectivity index (χ1v) is 7.77. The summed E-state index contributed by atoms with van der Waals surface area (Å²) in [5.41, 5.74) is 8.00. The van der Waals surface area contributed by atoms with Crippen LogP contribution < -0.4 is 0 Å². The fourth-order valence-electron chi connectivity index (χ4n) is 0.727. The Labute approximate surface area is 96.5 Å². The Bertz CT molecular complexity index is 363. The largest absolute Gasteiger partial charge is 0.538 e. The van der Waals surface area contributed by atoms with Gasteiger partial charge in [-0.3, -0.25) is 0 Å². The van der Waals surface area contributed by atoms with Gasteiger partial charge in [-0.2, -0.15) is 4.79 Å². The molecule has 5 nitrogen and oxygen atoms in total. The number of rotatable bonds is 4. The van der Waals surface area contributed by atoms with Crippen LogP contribution in [-0.4, -0.2) is 29.9 Å². The van der Waals surface area contributed by atoms with Gasteiger partial charge < -0.3 is 15.1 Å². The highest BCUT2D eigenvalue weighted by Crippen LogP contribution is 2.37. The molecule has 0 saturated carbocycles. The standard InChI is InChI=1S/C10H18N2O3Si/c1-7(8(12-11)9(13)14)15-16(5,6)10(2,3)4/h1H2,2-6H3,(H,13,14). The molecule has 0 aliphatic carbocycles. The number of aliphatic carboxylic acids is 1. The van der Waals surface area contributed by atoms with E-state index in [4.69, 9.17) is 15.1 Å². The molecule has 0 aromatic rings. The van der Waals surface area contributed by atoms with Crippen molar-refractivity contribution in [2.45, 2.75) is 38.9 Å². The third kappa shape index (κ3) is 3.32. The topological polar surface area (TPSA) is 82.9 Å². The fraction of sp³-hybridized carbons (Fsp3) is 0.600. The van der Waals surface area contributed by atoms with E-state index in [1.165, 1.54) is 0 Å². The summed E-state index contributed by atoms with van der Waals surface area (Å²) in [5.74, 6) is -1.45. The van der Waals surface area contributed by atoms with Gasteiger partial charge in [0.05, 0.1) is 0 Å². The lowest BCUT2D eigenvalue weighted by Gasteiger charge is -2.35. The van der Waals surface area contributed by atoms with Gasteiger partial charge in [-0.15, -0.1) is 0 Å². The van der Waals surface area contributed by atoms with Crippen LogP contribution in [0.5, 0.6) is 0 Å². The molecule has 0 aliphatic rings. The number of carboxylic acid groups (broad SMARTS) is 1. The molecule has 90 valence electrons. The lowest BCUT2D eigenvalue weighted by Crippen LogP contribution is -2.41. The average Bonchev–Trinajstić information content (AvgIpc) is 2.00. The zero-order valence-electron chi connectivity index (χ0n) is 10.4. The van der Waals surface area contributed by atoms with E-state index in [1.54, 1.807) is 0 Å². The van der Waals surface area contributed by atoms with Gasteiger partial charge in [0.2, 0.25) is 0 Å². The van der Waals surface area contributed by atoms with Crippen molar-refractivity contribution in [2.75, 3.05) is 0 Å². The van der Waals surface area contributed by atoms with Crippen LogP contribution in [0, 0.1) is 0 Å². The third-order valence-corrected chi connectivity index (χ3v) is 7.12. The monoisotopic (exact) mass is 242 g/mol. The van der Waals surface area contributed by atoms with Gasteiger partial charge in [0.25, 0.3) is 8.32 Å². The predicted molar refractivity (Wildman–Crippen MR) is 63.7 cm³/mol. The number of hydrogen-bond acceptors (Lipinski definition) is 2. The van der Waals surface area contributed by atoms with Crippen molar-refractivity contribution in [3.63, 3.8) is 0 Å². The van der Waals surface area contributed by atoms with E-state index in [9.17, 15) is 4.79 Å². The summed E-state index contributed by atoms with van der Waals surface area (Å²) in [6.07, 6.45) is 0. The van der Waals surface area contributed by atoms with Crippen LogP contribution in [0.15, 0.2) is 12.3 Å². The van der Waals surface area contributed by atoms with Crippen molar-refractivity contribution in [1.82, 2.24) is 0 Å². The van der Waals surface area contributed by atoms with Crippen molar-refractivity contribution in [3.05, 3.63) is 17.9 Å². The molecule has 0 radical (unpaired) electrons. The van der Waals surface area contributed by atoms with Gasteiger partial charge in [0.15, 0.2) is 5.76 Å². The summed E-state index contributed by atoms with van der Waals surface area (Å²) in [5, 5.41) is 8.65. The first-order chi connectivity index (χ1) is 7.03. The molecule has 6 heteroatoms. The number of carbonyl (C=O) groups is 1. The molecule has 16 heavy (non-hydrogen) atoms. The molecule has 0 aliphatic heterocycles. The van der Waals surface area contributed by atoms with E-state index in [2.05, 4.69) is 11.4 Å². The van der Waals surface area contributed by atoms with Crippen LogP contribution in [0.4, 0.5) is 0 Å². The molecule has 0 aromatic heterocycles. The molecule has 0 saturated heterocycles. The first-order valence-electron chi connectivity index (χ1n) is 4.86. The average molecular weight is 242 g/mol. The van der Waals surface area contributed by atoms with Crippen LogP contribution in [0.2, 0.25) is 18.1 Å². The van der Waals surface area contributed by atoms with Crippen molar-refractivity contribution in [1.29, 1.82) is 0 Å². The number of carboxylic acids is 1. The molecule has 0 unspecified atom stereocenters. The Kier molecular flexibility index (Phi) is 4.23. The lowest BCUT2D eigenvalue weighted by molar-refractivity contribution is -0.134. The fourth-order valence-corrected chi connectivity index (χ4v) is 1.75. The minimum Gasteiger partial charge on any atom is -0.538 e. The van der Waals surface area contributed by atoms with E-state index in [0.29, 0.717) is 0 Å². The van der Waals surface area contributed by atoms with Crippen molar-refractivity contribution < 1.29 is 19.1 Å². The Balaban J connectivity index is 4.97. The zero-order valence-corrected chi connectivity index (χ0v) is 11.4.